The second-order valence-electron chi connectivity index (χ2n) is 8.56. The van der Waals surface area contributed by atoms with Crippen LogP contribution in [0.5, 0.6) is 0 Å². The molecule has 1 aliphatic heterocycles. The number of hydrogen-bond donors (Lipinski definition) is 1. The van der Waals surface area contributed by atoms with Crippen molar-refractivity contribution in [3.63, 3.8) is 0 Å². The normalized spacial score (nSPS) is 14.0. The summed E-state index contributed by atoms with van der Waals surface area (Å²) >= 11 is 0. The monoisotopic (exact) mass is 434 g/mol. The zero-order valence-corrected chi connectivity index (χ0v) is 18.2. The fraction of sp³-hybridized carbons (Fsp3) is 0.192. The van der Waals surface area contributed by atoms with Crippen LogP contribution in [0.3, 0.4) is 0 Å². The van der Waals surface area contributed by atoms with E-state index in [1.807, 2.05) is 6.07 Å². The summed E-state index contributed by atoms with van der Waals surface area (Å²) in [5.41, 5.74) is 6.67. The quantitative estimate of drug-likeness (QED) is 0.435. The summed E-state index contributed by atoms with van der Waals surface area (Å²) in [6.45, 7) is 4.25. The first-order valence-corrected chi connectivity index (χ1v) is 11.0. The average Bonchev–Trinajstić information content (AvgIpc) is 2.85. The summed E-state index contributed by atoms with van der Waals surface area (Å²) in [5, 5.41) is 2.33. The van der Waals surface area contributed by atoms with Gasteiger partial charge in [-0.05, 0) is 30.7 Å². The van der Waals surface area contributed by atoms with E-state index in [4.69, 9.17) is 9.97 Å². The number of pyridine rings is 1. The van der Waals surface area contributed by atoms with Crippen molar-refractivity contribution in [1.29, 1.82) is 0 Å². The summed E-state index contributed by atoms with van der Waals surface area (Å²) in [6.07, 6.45) is 5.51. The molecule has 0 atom stereocenters. The van der Waals surface area contributed by atoms with E-state index in [0.29, 0.717) is 17.9 Å². The molecular weight excluding hydrogens is 412 g/mol. The Morgan fingerprint density at radius 3 is 2.70 bits per heavy atom. The van der Waals surface area contributed by atoms with Crippen molar-refractivity contribution in [1.82, 2.24) is 29.8 Å². The Kier molecular flexibility index (Phi) is 4.69. The van der Waals surface area contributed by atoms with Gasteiger partial charge in [-0.15, -0.1) is 0 Å². The SMILES string of the molecule is Cc1ccc2nc3ccccc3c(CN3CCc4nc(-c5cncnc5)[nH]c(=O)c4C3)c2c1. The van der Waals surface area contributed by atoms with Crippen molar-refractivity contribution >= 4 is 21.8 Å². The highest BCUT2D eigenvalue weighted by Gasteiger charge is 2.23. The van der Waals surface area contributed by atoms with Gasteiger partial charge < -0.3 is 4.98 Å². The van der Waals surface area contributed by atoms with Crippen LogP contribution in [0, 0.1) is 6.92 Å². The lowest BCUT2D eigenvalue weighted by atomic mass is 9.99. The summed E-state index contributed by atoms with van der Waals surface area (Å²) in [6, 6.07) is 14.7. The van der Waals surface area contributed by atoms with E-state index in [1.54, 1.807) is 12.4 Å². The van der Waals surface area contributed by atoms with Crippen LogP contribution in [-0.2, 0) is 19.5 Å². The molecule has 5 aromatic rings. The molecule has 7 nitrogen and oxygen atoms in total. The van der Waals surface area contributed by atoms with Crippen LogP contribution in [0.1, 0.15) is 22.4 Å². The third kappa shape index (κ3) is 3.56. The third-order valence-corrected chi connectivity index (χ3v) is 6.31. The zero-order chi connectivity index (χ0) is 22.4. The predicted octanol–water partition coefficient (Wildman–Crippen LogP) is 3.80. The maximum Gasteiger partial charge on any atom is 0.255 e. The minimum absolute atomic E-state index is 0.0937. The molecule has 2 aromatic carbocycles. The number of para-hydroxylation sites is 1. The Morgan fingerprint density at radius 2 is 1.82 bits per heavy atom. The Labute approximate surface area is 190 Å². The summed E-state index contributed by atoms with van der Waals surface area (Å²) in [7, 11) is 0. The number of nitrogens with zero attached hydrogens (tertiary/aromatic N) is 5. The van der Waals surface area contributed by atoms with Crippen LogP contribution in [0.15, 0.2) is 66.0 Å². The van der Waals surface area contributed by atoms with E-state index in [0.717, 1.165) is 47.2 Å². The molecule has 0 bridgehead atoms. The molecule has 0 spiro atoms. The van der Waals surface area contributed by atoms with E-state index < -0.39 is 0 Å². The molecule has 0 radical (unpaired) electrons. The molecule has 7 heteroatoms. The second-order valence-corrected chi connectivity index (χ2v) is 8.56. The number of nitrogens with one attached hydrogen (secondary N) is 1. The minimum Gasteiger partial charge on any atom is -0.306 e. The van der Waals surface area contributed by atoms with Gasteiger partial charge in [0, 0.05) is 49.2 Å². The highest BCUT2D eigenvalue weighted by atomic mass is 16.1. The lowest BCUT2D eigenvalue weighted by molar-refractivity contribution is 0.243. The molecule has 3 aromatic heterocycles. The fourth-order valence-electron chi connectivity index (χ4n) is 4.66. The number of aromatic nitrogens is 5. The van der Waals surface area contributed by atoms with Gasteiger partial charge in [0.25, 0.3) is 5.56 Å². The first-order chi connectivity index (χ1) is 16.2. The zero-order valence-electron chi connectivity index (χ0n) is 18.2. The molecule has 0 saturated carbocycles. The van der Waals surface area contributed by atoms with Crippen molar-refractivity contribution in [2.24, 2.45) is 0 Å². The Morgan fingerprint density at radius 1 is 1.00 bits per heavy atom. The standard InChI is InChI=1S/C26H22N6O/c1-16-6-7-23-19(10-16)20(18-4-2-3-5-22(18)29-23)13-32-9-8-24-21(14-32)26(33)31-25(30-24)17-11-27-15-28-12-17/h2-7,10-12,15H,8-9,13-14H2,1H3,(H,30,31,33). The van der Waals surface area contributed by atoms with Gasteiger partial charge in [-0.2, -0.15) is 0 Å². The first kappa shape index (κ1) is 19.7. The first-order valence-electron chi connectivity index (χ1n) is 11.0. The van der Waals surface area contributed by atoms with Crippen molar-refractivity contribution in [2.45, 2.75) is 26.4 Å². The number of fused-ring (bicyclic) bond motifs is 3. The van der Waals surface area contributed by atoms with E-state index in [9.17, 15) is 4.79 Å². The highest BCUT2D eigenvalue weighted by Crippen LogP contribution is 2.29. The molecule has 6 rings (SSSR count). The molecule has 0 unspecified atom stereocenters. The summed E-state index contributed by atoms with van der Waals surface area (Å²) in [4.78, 5) is 35.9. The van der Waals surface area contributed by atoms with Gasteiger partial charge in [0.2, 0.25) is 0 Å². The average molecular weight is 435 g/mol. The van der Waals surface area contributed by atoms with Crippen LogP contribution < -0.4 is 5.56 Å². The topological polar surface area (TPSA) is 87.7 Å². The van der Waals surface area contributed by atoms with E-state index >= 15 is 0 Å². The van der Waals surface area contributed by atoms with E-state index in [2.05, 4.69) is 63.2 Å². The molecule has 0 amide bonds. The van der Waals surface area contributed by atoms with Crippen molar-refractivity contribution in [3.8, 4) is 11.4 Å². The molecule has 33 heavy (non-hydrogen) atoms. The smallest absolute Gasteiger partial charge is 0.255 e. The van der Waals surface area contributed by atoms with E-state index in [-0.39, 0.29) is 5.56 Å². The van der Waals surface area contributed by atoms with Gasteiger partial charge in [0.1, 0.15) is 12.2 Å². The molecule has 162 valence electrons. The van der Waals surface area contributed by atoms with Crippen LogP contribution in [0.25, 0.3) is 33.2 Å². The highest BCUT2D eigenvalue weighted by molar-refractivity contribution is 5.97. The number of H-pyrrole nitrogens is 1. The van der Waals surface area contributed by atoms with Crippen LogP contribution in [-0.4, -0.2) is 36.4 Å². The van der Waals surface area contributed by atoms with Gasteiger partial charge in [-0.25, -0.2) is 19.9 Å². The Bertz CT molecular complexity index is 1560. The lowest BCUT2D eigenvalue weighted by Crippen LogP contribution is -2.35. The van der Waals surface area contributed by atoms with Crippen LogP contribution in [0.2, 0.25) is 0 Å². The van der Waals surface area contributed by atoms with Gasteiger partial charge in [-0.3, -0.25) is 9.69 Å². The third-order valence-electron chi connectivity index (χ3n) is 6.31. The number of aryl methyl sites for hydroxylation is 1. The molecule has 4 heterocycles. The van der Waals surface area contributed by atoms with Crippen molar-refractivity contribution < 1.29 is 0 Å². The molecule has 0 saturated heterocycles. The summed E-state index contributed by atoms with van der Waals surface area (Å²) < 4.78 is 0. The number of benzene rings is 2. The van der Waals surface area contributed by atoms with Crippen LogP contribution >= 0.6 is 0 Å². The number of aromatic amines is 1. The Hall–Kier alpha value is -3.97. The van der Waals surface area contributed by atoms with Gasteiger partial charge in [0.05, 0.1) is 27.9 Å². The fourth-order valence-corrected chi connectivity index (χ4v) is 4.66. The maximum atomic E-state index is 13.0. The maximum absolute atomic E-state index is 13.0. The molecular formula is C26H22N6O. The minimum atomic E-state index is -0.0937. The number of hydrogen-bond acceptors (Lipinski definition) is 6. The molecule has 1 aliphatic rings. The Balaban J connectivity index is 1.38. The lowest BCUT2D eigenvalue weighted by Gasteiger charge is -2.28. The van der Waals surface area contributed by atoms with Gasteiger partial charge in [0.15, 0.2) is 0 Å². The van der Waals surface area contributed by atoms with Gasteiger partial charge in [-0.1, -0.05) is 29.8 Å². The second kappa shape index (κ2) is 7.86. The molecule has 0 fully saturated rings. The van der Waals surface area contributed by atoms with Crippen molar-refractivity contribution in [3.05, 3.63) is 93.9 Å². The van der Waals surface area contributed by atoms with Gasteiger partial charge >= 0.3 is 0 Å². The molecule has 0 aliphatic carbocycles. The largest absolute Gasteiger partial charge is 0.306 e. The predicted molar refractivity (Wildman–Crippen MR) is 128 cm³/mol. The van der Waals surface area contributed by atoms with Crippen LogP contribution in [0.4, 0.5) is 0 Å². The van der Waals surface area contributed by atoms with Crippen molar-refractivity contribution in [2.75, 3.05) is 6.54 Å². The summed E-state index contributed by atoms with van der Waals surface area (Å²) in [5.74, 6) is 0.523. The molecule has 1 N–H and O–H groups in total. The number of rotatable bonds is 3. The van der Waals surface area contributed by atoms with E-state index in [1.165, 1.54) is 22.8 Å².